The van der Waals surface area contributed by atoms with Crippen molar-refractivity contribution in [3.05, 3.63) is 58.2 Å². The number of nitrogens with one attached hydrogen (secondary N) is 1. The lowest BCUT2D eigenvalue weighted by Crippen LogP contribution is -2.41. The number of amides is 1. The molecule has 1 amide bonds. The summed E-state index contributed by atoms with van der Waals surface area (Å²) in [7, 11) is 1.53. The van der Waals surface area contributed by atoms with Crippen molar-refractivity contribution < 1.29 is 23.4 Å². The molecular formula is C22H22FNO4S. The number of rotatable bonds is 5. The van der Waals surface area contributed by atoms with Crippen LogP contribution >= 0.6 is 11.3 Å². The van der Waals surface area contributed by atoms with Crippen molar-refractivity contribution in [2.24, 2.45) is 0 Å². The molecule has 0 spiro atoms. The normalized spacial score (nSPS) is 13.5. The molecule has 0 aliphatic carbocycles. The van der Waals surface area contributed by atoms with Gasteiger partial charge in [-0.1, -0.05) is 12.1 Å². The van der Waals surface area contributed by atoms with Crippen LogP contribution in [-0.2, 0) is 16.9 Å². The highest BCUT2D eigenvalue weighted by Crippen LogP contribution is 2.36. The number of benzene rings is 2. The number of carbonyl (C=O) groups excluding carboxylic acids is 1. The lowest BCUT2D eigenvalue weighted by atomic mass is 9.93. The summed E-state index contributed by atoms with van der Waals surface area (Å²) in [4.78, 5) is 13.6. The summed E-state index contributed by atoms with van der Waals surface area (Å²) in [6.07, 6.45) is 0. The summed E-state index contributed by atoms with van der Waals surface area (Å²) in [6, 6.07) is 10.5. The Kier molecular flexibility index (Phi) is 5.19. The Labute approximate surface area is 172 Å². The molecule has 0 atom stereocenters. The zero-order valence-corrected chi connectivity index (χ0v) is 17.3. The minimum atomic E-state index is -0.675. The maximum Gasteiger partial charge on any atom is 0.262 e. The van der Waals surface area contributed by atoms with E-state index in [4.69, 9.17) is 14.2 Å². The fourth-order valence-electron chi connectivity index (χ4n) is 3.48. The van der Waals surface area contributed by atoms with Crippen LogP contribution in [0.15, 0.2) is 36.4 Å². The van der Waals surface area contributed by atoms with Gasteiger partial charge < -0.3 is 19.5 Å². The van der Waals surface area contributed by atoms with E-state index in [0.717, 1.165) is 10.3 Å². The van der Waals surface area contributed by atoms with E-state index in [2.05, 4.69) is 5.32 Å². The predicted molar refractivity (Wildman–Crippen MR) is 110 cm³/mol. The molecule has 0 saturated heterocycles. The molecule has 152 valence electrons. The van der Waals surface area contributed by atoms with Crippen LogP contribution in [0.4, 0.5) is 4.39 Å². The van der Waals surface area contributed by atoms with Crippen LogP contribution in [0.25, 0.3) is 10.1 Å². The Morgan fingerprint density at radius 1 is 1.21 bits per heavy atom. The Bertz CT molecular complexity index is 1080. The van der Waals surface area contributed by atoms with Crippen LogP contribution in [0.3, 0.4) is 0 Å². The molecule has 0 unspecified atom stereocenters. The van der Waals surface area contributed by atoms with Gasteiger partial charge in [-0.3, -0.25) is 4.79 Å². The zero-order valence-electron chi connectivity index (χ0n) is 16.5. The van der Waals surface area contributed by atoms with Crippen LogP contribution in [0.5, 0.6) is 11.5 Å². The van der Waals surface area contributed by atoms with Crippen molar-refractivity contribution in [2.45, 2.75) is 26.0 Å². The standard InChI is InChI=1S/C22H22FNO4S/c1-22(2,13-7-8-16-17(11-13)28-10-9-27-16)24-21(25)20-14(12-26-3)19-15(23)5-4-6-18(19)29-20/h4-8,11H,9-10,12H2,1-3H3,(H,24,25). The van der Waals surface area contributed by atoms with Gasteiger partial charge in [0.1, 0.15) is 19.0 Å². The van der Waals surface area contributed by atoms with E-state index in [1.165, 1.54) is 24.5 Å². The predicted octanol–water partition coefficient (Wildman–Crippen LogP) is 4.62. The summed E-state index contributed by atoms with van der Waals surface area (Å²) >= 11 is 1.27. The molecule has 5 nitrogen and oxygen atoms in total. The zero-order chi connectivity index (χ0) is 20.6. The van der Waals surface area contributed by atoms with Gasteiger partial charge in [0.15, 0.2) is 11.5 Å². The number of methoxy groups -OCH3 is 1. The first-order valence-corrected chi connectivity index (χ1v) is 10.1. The Hall–Kier alpha value is -2.64. The molecule has 7 heteroatoms. The minimum Gasteiger partial charge on any atom is -0.486 e. The van der Waals surface area contributed by atoms with Crippen LogP contribution in [0.1, 0.15) is 34.6 Å². The quantitative estimate of drug-likeness (QED) is 0.661. The molecule has 1 aliphatic heterocycles. The first-order chi connectivity index (χ1) is 13.9. The lowest BCUT2D eigenvalue weighted by molar-refractivity contribution is 0.0911. The molecule has 1 N–H and O–H groups in total. The third-order valence-electron chi connectivity index (χ3n) is 4.95. The molecule has 4 rings (SSSR count). The molecule has 1 aliphatic rings. The second kappa shape index (κ2) is 7.65. The van der Waals surface area contributed by atoms with Crippen molar-refractivity contribution >= 4 is 27.3 Å². The monoisotopic (exact) mass is 415 g/mol. The second-order valence-electron chi connectivity index (χ2n) is 7.39. The van der Waals surface area contributed by atoms with Crippen LogP contribution < -0.4 is 14.8 Å². The molecule has 2 aromatic carbocycles. The molecule has 0 fully saturated rings. The largest absolute Gasteiger partial charge is 0.486 e. The van der Waals surface area contributed by atoms with Gasteiger partial charge in [0.2, 0.25) is 0 Å². The second-order valence-corrected chi connectivity index (χ2v) is 8.45. The van der Waals surface area contributed by atoms with Gasteiger partial charge in [-0.15, -0.1) is 11.3 Å². The summed E-state index contributed by atoms with van der Waals surface area (Å²) in [5, 5.41) is 3.52. The third kappa shape index (κ3) is 3.68. The molecule has 0 radical (unpaired) electrons. The van der Waals surface area contributed by atoms with E-state index in [1.54, 1.807) is 6.07 Å². The van der Waals surface area contributed by atoms with Crippen molar-refractivity contribution in [3.63, 3.8) is 0 Å². The maximum absolute atomic E-state index is 14.4. The maximum atomic E-state index is 14.4. The lowest BCUT2D eigenvalue weighted by Gasteiger charge is -2.28. The summed E-state index contributed by atoms with van der Waals surface area (Å²) in [5.74, 6) is 0.748. The van der Waals surface area contributed by atoms with Crippen molar-refractivity contribution in [1.82, 2.24) is 5.32 Å². The van der Waals surface area contributed by atoms with E-state index in [9.17, 15) is 9.18 Å². The molecule has 0 saturated carbocycles. The fraction of sp³-hybridized carbons (Fsp3) is 0.318. The van der Waals surface area contributed by atoms with Gasteiger partial charge in [0.05, 0.1) is 17.0 Å². The van der Waals surface area contributed by atoms with E-state index >= 15 is 0 Å². The number of fused-ring (bicyclic) bond motifs is 2. The molecule has 2 heterocycles. The van der Waals surface area contributed by atoms with Crippen LogP contribution in [-0.4, -0.2) is 26.2 Å². The first kappa shape index (κ1) is 19.7. The van der Waals surface area contributed by atoms with E-state index in [0.29, 0.717) is 40.5 Å². The third-order valence-corrected chi connectivity index (χ3v) is 6.14. The summed E-state index contributed by atoms with van der Waals surface area (Å²) in [5.41, 5.74) is 0.781. The number of thiophene rings is 1. The topological polar surface area (TPSA) is 56.8 Å². The molecule has 3 aromatic rings. The Morgan fingerprint density at radius 3 is 2.72 bits per heavy atom. The van der Waals surface area contributed by atoms with Crippen molar-refractivity contribution in [2.75, 3.05) is 20.3 Å². The van der Waals surface area contributed by atoms with Crippen LogP contribution in [0, 0.1) is 5.82 Å². The molecule has 1 aromatic heterocycles. The molecule has 0 bridgehead atoms. The van der Waals surface area contributed by atoms with E-state index < -0.39 is 5.54 Å². The van der Waals surface area contributed by atoms with Crippen LogP contribution in [0.2, 0.25) is 0 Å². The minimum absolute atomic E-state index is 0.161. The van der Waals surface area contributed by atoms with E-state index in [1.807, 2.05) is 38.1 Å². The Morgan fingerprint density at radius 2 is 1.97 bits per heavy atom. The van der Waals surface area contributed by atoms with Gasteiger partial charge in [0.25, 0.3) is 5.91 Å². The van der Waals surface area contributed by atoms with Gasteiger partial charge in [0, 0.05) is 22.8 Å². The van der Waals surface area contributed by atoms with Crippen molar-refractivity contribution in [1.29, 1.82) is 0 Å². The van der Waals surface area contributed by atoms with Gasteiger partial charge in [-0.2, -0.15) is 0 Å². The summed E-state index contributed by atoms with van der Waals surface area (Å²) < 4.78 is 31.6. The highest BCUT2D eigenvalue weighted by molar-refractivity contribution is 7.21. The first-order valence-electron chi connectivity index (χ1n) is 9.32. The number of hydrogen-bond acceptors (Lipinski definition) is 5. The fourth-order valence-corrected chi connectivity index (χ4v) is 4.59. The molecular weight excluding hydrogens is 393 g/mol. The highest BCUT2D eigenvalue weighted by atomic mass is 32.1. The number of carbonyl (C=O) groups is 1. The smallest absolute Gasteiger partial charge is 0.262 e. The molecule has 29 heavy (non-hydrogen) atoms. The number of hydrogen-bond donors (Lipinski definition) is 1. The van der Waals surface area contributed by atoms with Crippen molar-refractivity contribution in [3.8, 4) is 11.5 Å². The van der Waals surface area contributed by atoms with E-state index in [-0.39, 0.29) is 18.3 Å². The number of halogens is 1. The average Bonchev–Trinajstić information content (AvgIpc) is 3.07. The highest BCUT2D eigenvalue weighted by Gasteiger charge is 2.28. The average molecular weight is 415 g/mol. The summed E-state index contributed by atoms with van der Waals surface area (Å²) in [6.45, 7) is 5.02. The Balaban J connectivity index is 1.66. The van der Waals surface area contributed by atoms with Gasteiger partial charge in [-0.25, -0.2) is 4.39 Å². The van der Waals surface area contributed by atoms with Gasteiger partial charge >= 0.3 is 0 Å². The number of ether oxygens (including phenoxy) is 3. The van der Waals surface area contributed by atoms with Gasteiger partial charge in [-0.05, 0) is 43.7 Å². The SMILES string of the molecule is COCc1c(C(=O)NC(C)(C)c2ccc3c(c2)OCCO3)sc2cccc(F)c12.